The Morgan fingerprint density at radius 1 is 1.38 bits per heavy atom. The first-order chi connectivity index (χ1) is 6.25. The Morgan fingerprint density at radius 2 is 2.08 bits per heavy atom. The van der Waals surface area contributed by atoms with Crippen LogP contribution in [0.4, 0.5) is 0 Å². The van der Waals surface area contributed by atoms with Gasteiger partial charge in [-0.1, -0.05) is 43.3 Å². The summed E-state index contributed by atoms with van der Waals surface area (Å²) in [5, 5.41) is 4.92. The smallest absolute Gasteiger partial charge is 0.0388 e. The molecule has 0 radical (unpaired) electrons. The van der Waals surface area contributed by atoms with Gasteiger partial charge in [0.05, 0.1) is 0 Å². The van der Waals surface area contributed by atoms with Gasteiger partial charge in [0.15, 0.2) is 0 Å². The van der Waals surface area contributed by atoms with Crippen LogP contribution in [0, 0.1) is 0 Å². The first-order valence-electron chi connectivity index (χ1n) is 5.02. The SMILES string of the molecule is CCNCC(C)c1ccccc1[SiH3]. The molecule has 72 valence electrons. The lowest BCUT2D eigenvalue weighted by atomic mass is 10.0. The van der Waals surface area contributed by atoms with Gasteiger partial charge in [0.1, 0.15) is 0 Å². The molecule has 1 N–H and O–H groups in total. The van der Waals surface area contributed by atoms with Crippen molar-refractivity contribution in [2.45, 2.75) is 19.8 Å². The zero-order valence-electron chi connectivity index (χ0n) is 8.80. The molecule has 1 aromatic rings. The predicted molar refractivity (Wildman–Crippen MR) is 63.0 cm³/mol. The molecule has 1 nitrogen and oxygen atoms in total. The predicted octanol–water partition coefficient (Wildman–Crippen LogP) is 0.390. The van der Waals surface area contributed by atoms with Gasteiger partial charge in [0.2, 0.25) is 0 Å². The fraction of sp³-hybridized carbons (Fsp3) is 0.455. The van der Waals surface area contributed by atoms with Crippen molar-refractivity contribution < 1.29 is 0 Å². The standard InChI is InChI=1S/C11H19NSi/c1-3-12-8-9(2)10-6-4-5-7-11(10)13/h4-7,9,12H,3,8H2,1-2,13H3. The summed E-state index contributed by atoms with van der Waals surface area (Å²) in [7, 11) is 1.15. The van der Waals surface area contributed by atoms with Crippen LogP contribution in [0.2, 0.25) is 0 Å². The summed E-state index contributed by atoms with van der Waals surface area (Å²) in [4.78, 5) is 0. The minimum atomic E-state index is 0.647. The highest BCUT2D eigenvalue weighted by atomic mass is 28.1. The van der Waals surface area contributed by atoms with E-state index in [1.54, 1.807) is 0 Å². The van der Waals surface area contributed by atoms with E-state index in [9.17, 15) is 0 Å². The van der Waals surface area contributed by atoms with Crippen LogP contribution < -0.4 is 10.5 Å². The van der Waals surface area contributed by atoms with Crippen molar-refractivity contribution in [2.24, 2.45) is 0 Å². The van der Waals surface area contributed by atoms with Gasteiger partial charge in [-0.2, -0.15) is 0 Å². The van der Waals surface area contributed by atoms with Crippen LogP contribution >= 0.6 is 0 Å². The van der Waals surface area contributed by atoms with Crippen molar-refractivity contribution in [3.63, 3.8) is 0 Å². The van der Waals surface area contributed by atoms with Gasteiger partial charge in [-0.15, -0.1) is 0 Å². The van der Waals surface area contributed by atoms with Crippen molar-refractivity contribution in [1.29, 1.82) is 0 Å². The van der Waals surface area contributed by atoms with E-state index in [0.717, 1.165) is 23.3 Å². The normalized spacial score (nSPS) is 13.1. The van der Waals surface area contributed by atoms with Gasteiger partial charge in [-0.05, 0) is 18.0 Å². The number of rotatable bonds is 4. The minimum Gasteiger partial charge on any atom is -0.316 e. The molecule has 0 spiro atoms. The Hall–Kier alpha value is -0.603. The lowest BCUT2D eigenvalue weighted by molar-refractivity contribution is 0.637. The van der Waals surface area contributed by atoms with Crippen LogP contribution in [-0.4, -0.2) is 23.3 Å². The van der Waals surface area contributed by atoms with E-state index in [1.807, 2.05) is 0 Å². The Balaban J connectivity index is 2.65. The molecule has 0 bridgehead atoms. The van der Waals surface area contributed by atoms with Gasteiger partial charge in [0.25, 0.3) is 0 Å². The summed E-state index contributed by atoms with van der Waals surface area (Å²) in [5.41, 5.74) is 1.52. The van der Waals surface area contributed by atoms with E-state index >= 15 is 0 Å². The van der Waals surface area contributed by atoms with Crippen molar-refractivity contribution in [3.8, 4) is 0 Å². The van der Waals surface area contributed by atoms with E-state index in [0.29, 0.717) is 5.92 Å². The van der Waals surface area contributed by atoms with Gasteiger partial charge in [0, 0.05) is 16.8 Å². The Bertz CT molecular complexity index is 260. The van der Waals surface area contributed by atoms with Crippen molar-refractivity contribution in [1.82, 2.24) is 5.32 Å². The maximum absolute atomic E-state index is 3.39. The lowest BCUT2D eigenvalue weighted by Gasteiger charge is -2.14. The van der Waals surface area contributed by atoms with Crippen molar-refractivity contribution >= 4 is 15.4 Å². The molecular weight excluding hydrogens is 174 g/mol. The second-order valence-electron chi connectivity index (χ2n) is 3.57. The quantitative estimate of drug-likeness (QED) is 0.682. The Labute approximate surface area is 84.0 Å². The second kappa shape index (κ2) is 5.20. The first-order valence-corrected chi connectivity index (χ1v) is 6.02. The highest BCUT2D eigenvalue weighted by molar-refractivity contribution is 6.33. The Morgan fingerprint density at radius 3 is 2.69 bits per heavy atom. The highest BCUT2D eigenvalue weighted by Gasteiger charge is 2.05. The van der Waals surface area contributed by atoms with Gasteiger partial charge < -0.3 is 5.32 Å². The topological polar surface area (TPSA) is 12.0 Å². The molecule has 0 amide bonds. The molecule has 0 aliphatic rings. The Kier molecular flexibility index (Phi) is 4.19. The van der Waals surface area contributed by atoms with E-state index < -0.39 is 0 Å². The minimum absolute atomic E-state index is 0.647. The molecule has 13 heavy (non-hydrogen) atoms. The largest absolute Gasteiger partial charge is 0.316 e. The number of likely N-dealkylation sites (N-methyl/N-ethyl adjacent to an activating group) is 1. The summed E-state index contributed by atoms with van der Waals surface area (Å²) >= 11 is 0. The highest BCUT2D eigenvalue weighted by Crippen LogP contribution is 2.10. The van der Waals surface area contributed by atoms with Crippen LogP contribution in [0.25, 0.3) is 0 Å². The van der Waals surface area contributed by atoms with Crippen molar-refractivity contribution in [2.75, 3.05) is 13.1 Å². The molecule has 0 fully saturated rings. The molecule has 0 saturated carbocycles. The van der Waals surface area contributed by atoms with Crippen LogP contribution in [-0.2, 0) is 0 Å². The molecule has 1 unspecified atom stereocenters. The van der Waals surface area contributed by atoms with Gasteiger partial charge in [-0.3, -0.25) is 0 Å². The average molecular weight is 193 g/mol. The van der Waals surface area contributed by atoms with Crippen LogP contribution in [0.1, 0.15) is 25.3 Å². The fourth-order valence-corrected chi connectivity index (χ4v) is 2.46. The summed E-state index contributed by atoms with van der Waals surface area (Å²) in [6.07, 6.45) is 0. The maximum atomic E-state index is 3.39. The molecule has 0 aliphatic heterocycles. The number of nitrogens with one attached hydrogen (secondary N) is 1. The van der Waals surface area contributed by atoms with Crippen LogP contribution in [0.15, 0.2) is 24.3 Å². The molecular formula is C11H19NSi. The zero-order valence-corrected chi connectivity index (χ0v) is 10.8. The second-order valence-corrected chi connectivity index (χ2v) is 4.64. The molecule has 0 aliphatic carbocycles. The van der Waals surface area contributed by atoms with Crippen LogP contribution in [0.5, 0.6) is 0 Å². The summed E-state index contributed by atoms with van der Waals surface area (Å²) in [6.45, 7) is 6.60. The average Bonchev–Trinajstić information content (AvgIpc) is 2.15. The molecule has 2 heteroatoms. The first kappa shape index (κ1) is 10.5. The van der Waals surface area contributed by atoms with Gasteiger partial charge >= 0.3 is 0 Å². The fourth-order valence-electron chi connectivity index (χ4n) is 1.61. The van der Waals surface area contributed by atoms with E-state index in [4.69, 9.17) is 0 Å². The molecule has 0 aromatic heterocycles. The summed E-state index contributed by atoms with van der Waals surface area (Å²) in [5.74, 6) is 0.647. The number of benzene rings is 1. The van der Waals surface area contributed by atoms with Crippen molar-refractivity contribution in [3.05, 3.63) is 29.8 Å². The maximum Gasteiger partial charge on any atom is 0.0388 e. The molecule has 1 rings (SSSR count). The number of hydrogen-bond donors (Lipinski definition) is 1. The zero-order chi connectivity index (χ0) is 9.68. The third kappa shape index (κ3) is 2.97. The molecule has 0 saturated heterocycles. The number of hydrogen-bond acceptors (Lipinski definition) is 1. The van der Waals surface area contributed by atoms with E-state index in [-0.39, 0.29) is 0 Å². The molecule has 1 atom stereocenters. The summed E-state index contributed by atoms with van der Waals surface area (Å²) in [6, 6.07) is 8.76. The third-order valence-corrected chi connectivity index (χ3v) is 3.33. The van der Waals surface area contributed by atoms with E-state index in [2.05, 4.69) is 43.4 Å². The lowest BCUT2D eigenvalue weighted by Crippen LogP contribution is -2.23. The molecule has 1 aromatic carbocycles. The summed E-state index contributed by atoms with van der Waals surface area (Å²) < 4.78 is 0. The third-order valence-electron chi connectivity index (χ3n) is 2.42. The van der Waals surface area contributed by atoms with Gasteiger partial charge in [-0.25, -0.2) is 0 Å². The van der Waals surface area contributed by atoms with E-state index in [1.165, 1.54) is 10.8 Å². The van der Waals surface area contributed by atoms with Crippen LogP contribution in [0.3, 0.4) is 0 Å². The monoisotopic (exact) mass is 193 g/mol. The molecule has 0 heterocycles.